The number of likely N-dealkylation sites (N-methyl/N-ethyl adjacent to an activating group) is 1. The molecule has 0 unspecified atom stereocenters. The summed E-state index contributed by atoms with van der Waals surface area (Å²) in [5.74, 6) is 0. The standard InChI is InChI=1S/C13H22N2O3S/c1-5-15(6-7-18-4)19(16,17)13-9-11(3)10(2)8-12(13)14/h8-9H,5-7,14H2,1-4H3. The Balaban J connectivity index is 3.22. The van der Waals surface area contributed by atoms with Crippen LogP contribution >= 0.6 is 0 Å². The van der Waals surface area contributed by atoms with Crippen molar-refractivity contribution in [2.75, 3.05) is 32.5 Å². The molecule has 0 aliphatic carbocycles. The molecule has 19 heavy (non-hydrogen) atoms. The van der Waals surface area contributed by atoms with Gasteiger partial charge in [-0.2, -0.15) is 4.31 Å². The Morgan fingerprint density at radius 2 is 1.84 bits per heavy atom. The highest BCUT2D eigenvalue weighted by molar-refractivity contribution is 7.89. The maximum atomic E-state index is 12.5. The van der Waals surface area contributed by atoms with Gasteiger partial charge >= 0.3 is 0 Å². The molecule has 6 heteroatoms. The number of hydrogen-bond acceptors (Lipinski definition) is 4. The van der Waals surface area contributed by atoms with Gasteiger partial charge in [-0.25, -0.2) is 8.42 Å². The second-order valence-electron chi connectivity index (χ2n) is 4.46. The fraction of sp³-hybridized carbons (Fsp3) is 0.538. The number of hydrogen-bond donors (Lipinski definition) is 1. The first-order valence-corrected chi connectivity index (χ1v) is 7.64. The Kier molecular flexibility index (Phi) is 5.34. The highest BCUT2D eigenvalue weighted by atomic mass is 32.2. The second-order valence-corrected chi connectivity index (χ2v) is 6.37. The molecule has 0 fully saturated rings. The monoisotopic (exact) mass is 286 g/mol. The average Bonchev–Trinajstić information content (AvgIpc) is 2.34. The van der Waals surface area contributed by atoms with E-state index < -0.39 is 10.0 Å². The lowest BCUT2D eigenvalue weighted by Crippen LogP contribution is -2.34. The van der Waals surface area contributed by atoms with Crippen molar-refractivity contribution in [2.24, 2.45) is 0 Å². The van der Waals surface area contributed by atoms with Crippen molar-refractivity contribution in [3.8, 4) is 0 Å². The molecule has 1 aromatic rings. The predicted octanol–water partition coefficient (Wildman–Crippen LogP) is 1.54. The molecule has 5 nitrogen and oxygen atoms in total. The molecule has 108 valence electrons. The minimum Gasteiger partial charge on any atom is -0.398 e. The molecule has 0 amide bonds. The smallest absolute Gasteiger partial charge is 0.245 e. The van der Waals surface area contributed by atoms with Crippen LogP contribution in [0.2, 0.25) is 0 Å². The number of anilines is 1. The van der Waals surface area contributed by atoms with Crippen molar-refractivity contribution >= 4 is 15.7 Å². The zero-order chi connectivity index (χ0) is 14.6. The third-order valence-electron chi connectivity index (χ3n) is 3.14. The Labute approximate surface area is 115 Å². The van der Waals surface area contributed by atoms with Gasteiger partial charge in [0, 0.05) is 20.2 Å². The van der Waals surface area contributed by atoms with E-state index in [9.17, 15) is 8.42 Å². The summed E-state index contributed by atoms with van der Waals surface area (Å²) < 4.78 is 31.4. The van der Waals surface area contributed by atoms with Gasteiger partial charge in [-0.1, -0.05) is 6.92 Å². The number of nitrogens with zero attached hydrogens (tertiary/aromatic N) is 1. The zero-order valence-electron chi connectivity index (χ0n) is 11.9. The van der Waals surface area contributed by atoms with Gasteiger partial charge < -0.3 is 10.5 Å². The van der Waals surface area contributed by atoms with Crippen molar-refractivity contribution in [1.82, 2.24) is 4.31 Å². The van der Waals surface area contributed by atoms with E-state index >= 15 is 0 Å². The van der Waals surface area contributed by atoms with Crippen LogP contribution in [0.3, 0.4) is 0 Å². The lowest BCUT2D eigenvalue weighted by molar-refractivity contribution is 0.180. The third kappa shape index (κ3) is 3.46. The number of rotatable bonds is 6. The highest BCUT2D eigenvalue weighted by Crippen LogP contribution is 2.25. The van der Waals surface area contributed by atoms with Crippen molar-refractivity contribution in [1.29, 1.82) is 0 Å². The van der Waals surface area contributed by atoms with Crippen LogP contribution in [0.15, 0.2) is 17.0 Å². The van der Waals surface area contributed by atoms with E-state index in [1.807, 2.05) is 13.8 Å². The molecule has 1 rings (SSSR count). The van der Waals surface area contributed by atoms with E-state index in [-0.39, 0.29) is 4.90 Å². The van der Waals surface area contributed by atoms with Gasteiger partial charge in [0.25, 0.3) is 0 Å². The van der Waals surface area contributed by atoms with Gasteiger partial charge in [0.2, 0.25) is 10.0 Å². The molecule has 0 heterocycles. The molecular weight excluding hydrogens is 264 g/mol. The Morgan fingerprint density at radius 1 is 1.26 bits per heavy atom. The van der Waals surface area contributed by atoms with Gasteiger partial charge in [-0.3, -0.25) is 0 Å². The number of ether oxygens (including phenoxy) is 1. The summed E-state index contributed by atoms with van der Waals surface area (Å²) >= 11 is 0. The van der Waals surface area contributed by atoms with Gasteiger partial charge in [-0.15, -0.1) is 0 Å². The van der Waals surface area contributed by atoms with E-state index in [2.05, 4.69) is 0 Å². The number of aryl methyl sites for hydroxylation is 2. The van der Waals surface area contributed by atoms with Crippen LogP contribution in [0.4, 0.5) is 5.69 Å². The number of nitrogens with two attached hydrogens (primary N) is 1. The summed E-state index contributed by atoms with van der Waals surface area (Å²) in [6, 6.07) is 3.34. The summed E-state index contributed by atoms with van der Waals surface area (Å²) in [5, 5.41) is 0. The molecule has 0 radical (unpaired) electrons. The lowest BCUT2D eigenvalue weighted by Gasteiger charge is -2.21. The molecule has 0 aliphatic rings. The van der Waals surface area contributed by atoms with Crippen LogP contribution in [0, 0.1) is 13.8 Å². The van der Waals surface area contributed by atoms with Crippen LogP contribution in [-0.2, 0) is 14.8 Å². The van der Waals surface area contributed by atoms with Gasteiger partial charge in [0.15, 0.2) is 0 Å². The van der Waals surface area contributed by atoms with Gasteiger partial charge in [0.1, 0.15) is 4.90 Å². The van der Waals surface area contributed by atoms with E-state index in [0.717, 1.165) is 11.1 Å². The van der Waals surface area contributed by atoms with E-state index in [1.165, 1.54) is 4.31 Å². The third-order valence-corrected chi connectivity index (χ3v) is 5.17. The number of methoxy groups -OCH3 is 1. The largest absolute Gasteiger partial charge is 0.398 e. The molecule has 2 N–H and O–H groups in total. The molecule has 0 aromatic heterocycles. The van der Waals surface area contributed by atoms with E-state index in [4.69, 9.17) is 10.5 Å². The molecule has 1 aromatic carbocycles. The van der Waals surface area contributed by atoms with Crippen LogP contribution in [0.25, 0.3) is 0 Å². The van der Waals surface area contributed by atoms with E-state index in [1.54, 1.807) is 26.2 Å². The Bertz CT molecular complexity index is 541. The second kappa shape index (κ2) is 6.36. The fourth-order valence-electron chi connectivity index (χ4n) is 1.82. The summed E-state index contributed by atoms with van der Waals surface area (Å²) in [4.78, 5) is 0.175. The fourth-order valence-corrected chi connectivity index (χ4v) is 3.43. The van der Waals surface area contributed by atoms with Crippen molar-refractivity contribution in [3.05, 3.63) is 23.3 Å². The maximum absolute atomic E-state index is 12.5. The molecule has 0 atom stereocenters. The number of sulfonamides is 1. The predicted molar refractivity (Wildman–Crippen MR) is 76.6 cm³/mol. The summed E-state index contributed by atoms with van der Waals surface area (Å²) in [7, 11) is -2.02. The highest BCUT2D eigenvalue weighted by Gasteiger charge is 2.25. The number of benzene rings is 1. The Hall–Kier alpha value is -1.11. The minimum atomic E-state index is -3.56. The van der Waals surface area contributed by atoms with Gasteiger partial charge in [0.05, 0.1) is 12.3 Å². The van der Waals surface area contributed by atoms with Crippen molar-refractivity contribution in [3.63, 3.8) is 0 Å². The topological polar surface area (TPSA) is 72.6 Å². The first-order valence-electron chi connectivity index (χ1n) is 6.20. The zero-order valence-corrected chi connectivity index (χ0v) is 12.8. The minimum absolute atomic E-state index is 0.175. The molecular formula is C13H22N2O3S. The van der Waals surface area contributed by atoms with E-state index in [0.29, 0.717) is 25.4 Å². The van der Waals surface area contributed by atoms with Crippen LogP contribution in [0.1, 0.15) is 18.1 Å². The first kappa shape index (κ1) is 15.9. The van der Waals surface area contributed by atoms with Crippen LogP contribution in [-0.4, -0.2) is 39.5 Å². The molecule has 0 spiro atoms. The Morgan fingerprint density at radius 3 is 2.37 bits per heavy atom. The van der Waals surface area contributed by atoms with Gasteiger partial charge in [-0.05, 0) is 37.1 Å². The summed E-state index contributed by atoms with van der Waals surface area (Å²) in [6.07, 6.45) is 0. The molecule has 0 bridgehead atoms. The van der Waals surface area contributed by atoms with Crippen molar-refractivity contribution in [2.45, 2.75) is 25.7 Å². The van der Waals surface area contributed by atoms with Crippen LogP contribution in [0.5, 0.6) is 0 Å². The van der Waals surface area contributed by atoms with Crippen molar-refractivity contribution < 1.29 is 13.2 Å². The molecule has 0 saturated carbocycles. The first-order chi connectivity index (χ1) is 8.84. The number of nitrogen functional groups attached to an aromatic ring is 1. The molecule has 0 saturated heterocycles. The quantitative estimate of drug-likeness (QED) is 0.805. The average molecular weight is 286 g/mol. The molecule has 0 aliphatic heterocycles. The summed E-state index contributed by atoms with van der Waals surface area (Å²) in [6.45, 7) is 6.64. The summed E-state index contributed by atoms with van der Waals surface area (Å²) in [5.41, 5.74) is 8.05. The maximum Gasteiger partial charge on any atom is 0.245 e. The normalized spacial score (nSPS) is 12.1. The lowest BCUT2D eigenvalue weighted by atomic mass is 10.1. The SMILES string of the molecule is CCN(CCOC)S(=O)(=O)c1cc(C)c(C)cc1N. The van der Waals surface area contributed by atoms with Crippen LogP contribution < -0.4 is 5.73 Å².